The van der Waals surface area contributed by atoms with Crippen LogP contribution in [-0.2, 0) is 27.3 Å². The van der Waals surface area contributed by atoms with Gasteiger partial charge >= 0.3 is 0 Å². The smallest absolute Gasteiger partial charge is 0.275 e. The summed E-state index contributed by atoms with van der Waals surface area (Å²) < 4.78 is 33.9. The van der Waals surface area contributed by atoms with Crippen molar-refractivity contribution in [3.8, 4) is 22.5 Å². The van der Waals surface area contributed by atoms with Gasteiger partial charge in [0.15, 0.2) is 0 Å². The van der Waals surface area contributed by atoms with Gasteiger partial charge in [-0.2, -0.15) is 0 Å². The van der Waals surface area contributed by atoms with Crippen LogP contribution in [0.3, 0.4) is 0 Å². The highest BCUT2D eigenvalue weighted by molar-refractivity contribution is 5.79. The molecule has 32 heavy (non-hydrogen) atoms. The minimum Gasteiger partial charge on any atom is -0.383 e. The van der Waals surface area contributed by atoms with Crippen molar-refractivity contribution in [2.75, 3.05) is 32.2 Å². The fourth-order valence-corrected chi connectivity index (χ4v) is 4.31. The molecule has 9 nitrogen and oxygen atoms in total. The maximum absolute atomic E-state index is 13.6. The van der Waals surface area contributed by atoms with E-state index in [2.05, 4.69) is 15.3 Å². The van der Waals surface area contributed by atoms with Gasteiger partial charge in [-0.05, 0) is 30.7 Å². The summed E-state index contributed by atoms with van der Waals surface area (Å²) in [4.78, 5) is 22.5. The molecule has 1 N–H and O–H groups in total. The molecule has 1 spiro atoms. The van der Waals surface area contributed by atoms with Crippen molar-refractivity contribution in [1.82, 2.24) is 19.3 Å². The van der Waals surface area contributed by atoms with Crippen LogP contribution < -0.4 is 10.9 Å². The Morgan fingerprint density at radius 1 is 1.19 bits per heavy atom. The first-order valence-electron chi connectivity index (χ1n) is 10.5. The van der Waals surface area contributed by atoms with Crippen molar-refractivity contribution in [3.63, 3.8) is 0 Å². The molecule has 0 bridgehead atoms. The zero-order valence-electron chi connectivity index (χ0n) is 17.9. The Morgan fingerprint density at radius 2 is 1.91 bits per heavy atom. The monoisotopic (exact) mass is 441 g/mol. The standard InChI is InChI=1S/C22H24FN5O4/c1-14(11-30-2)25-21-24-8-7-17(26-21)19-18(15-3-5-16(23)6-4-15)20(29)28-13-22(12-27(19)28)31-9-10-32-22/h3-8,14H,9-13H2,1-2H3,(H,24,25,26)/t14-/m0/s1. The van der Waals surface area contributed by atoms with Crippen LogP contribution in [-0.4, -0.2) is 58.1 Å². The van der Waals surface area contributed by atoms with E-state index in [1.165, 1.54) is 12.1 Å². The van der Waals surface area contributed by atoms with Gasteiger partial charge in [0.1, 0.15) is 5.82 Å². The Hall–Kier alpha value is -3.08. The van der Waals surface area contributed by atoms with Gasteiger partial charge in [0.05, 0.1) is 49.9 Å². The number of methoxy groups -OCH3 is 1. The maximum atomic E-state index is 13.6. The van der Waals surface area contributed by atoms with E-state index in [-0.39, 0.29) is 24.0 Å². The van der Waals surface area contributed by atoms with Crippen LogP contribution in [0.5, 0.6) is 0 Å². The molecule has 1 atom stereocenters. The molecule has 1 saturated heterocycles. The van der Waals surface area contributed by atoms with Gasteiger partial charge in [-0.1, -0.05) is 12.1 Å². The third-order valence-electron chi connectivity index (χ3n) is 5.65. The van der Waals surface area contributed by atoms with Crippen LogP contribution >= 0.6 is 0 Å². The number of halogens is 1. The molecule has 4 heterocycles. The average molecular weight is 441 g/mol. The summed E-state index contributed by atoms with van der Waals surface area (Å²) in [6.07, 6.45) is 1.64. The molecule has 3 aromatic rings. The number of nitrogens with zero attached hydrogens (tertiary/aromatic N) is 4. The third-order valence-corrected chi connectivity index (χ3v) is 5.65. The fourth-order valence-electron chi connectivity index (χ4n) is 4.31. The summed E-state index contributed by atoms with van der Waals surface area (Å²) in [6, 6.07) is 7.64. The number of nitrogens with one attached hydrogen (secondary N) is 1. The van der Waals surface area contributed by atoms with Crippen LogP contribution in [0.15, 0.2) is 41.3 Å². The van der Waals surface area contributed by atoms with Crippen molar-refractivity contribution in [3.05, 3.63) is 52.7 Å². The van der Waals surface area contributed by atoms with Crippen LogP contribution in [0, 0.1) is 5.82 Å². The van der Waals surface area contributed by atoms with Gasteiger partial charge < -0.3 is 19.5 Å². The second-order valence-electron chi connectivity index (χ2n) is 8.02. The lowest BCUT2D eigenvalue weighted by Gasteiger charge is -2.20. The lowest BCUT2D eigenvalue weighted by molar-refractivity contribution is -0.158. The van der Waals surface area contributed by atoms with Crippen LogP contribution in [0.4, 0.5) is 10.3 Å². The first-order valence-corrected chi connectivity index (χ1v) is 10.5. The molecule has 5 rings (SSSR count). The highest BCUT2D eigenvalue weighted by Crippen LogP contribution is 2.36. The van der Waals surface area contributed by atoms with Crippen LogP contribution in [0.2, 0.25) is 0 Å². The molecule has 0 unspecified atom stereocenters. The molecule has 2 aliphatic heterocycles. The number of fused-ring (bicyclic) bond motifs is 1. The maximum Gasteiger partial charge on any atom is 0.275 e. The van der Waals surface area contributed by atoms with Crippen LogP contribution in [0.25, 0.3) is 22.5 Å². The molecule has 0 amide bonds. The number of aromatic nitrogens is 4. The Morgan fingerprint density at radius 3 is 2.62 bits per heavy atom. The van der Waals surface area contributed by atoms with E-state index in [9.17, 15) is 9.18 Å². The molecule has 168 valence electrons. The van der Waals surface area contributed by atoms with Crippen molar-refractivity contribution >= 4 is 5.95 Å². The normalized spacial score (nSPS) is 17.6. The number of anilines is 1. The second kappa shape index (κ2) is 8.12. The van der Waals surface area contributed by atoms with Crippen molar-refractivity contribution in [1.29, 1.82) is 0 Å². The highest BCUT2D eigenvalue weighted by atomic mass is 19.1. The SMILES string of the molecule is COC[C@H](C)Nc1nccc(-c2c(-c3ccc(F)cc3)c(=O)n3n2CC2(C3)OCCO2)n1. The van der Waals surface area contributed by atoms with E-state index in [1.807, 2.05) is 11.6 Å². The molecule has 0 radical (unpaired) electrons. The minimum absolute atomic E-state index is 0.00199. The number of hydrogen-bond acceptors (Lipinski definition) is 7. The Labute approximate surface area is 183 Å². The summed E-state index contributed by atoms with van der Waals surface area (Å²) in [5.74, 6) is -0.795. The summed E-state index contributed by atoms with van der Waals surface area (Å²) in [6.45, 7) is 4.05. The Bertz CT molecular complexity index is 1180. The molecule has 1 fully saturated rings. The minimum atomic E-state index is -0.851. The van der Waals surface area contributed by atoms with Gasteiger partial charge in [-0.3, -0.25) is 9.48 Å². The quantitative estimate of drug-likeness (QED) is 0.626. The second-order valence-corrected chi connectivity index (χ2v) is 8.02. The highest BCUT2D eigenvalue weighted by Gasteiger charge is 2.46. The largest absolute Gasteiger partial charge is 0.383 e. The van der Waals surface area contributed by atoms with E-state index in [1.54, 1.807) is 36.2 Å². The lowest BCUT2D eigenvalue weighted by Crippen LogP contribution is -2.34. The molecule has 0 aliphatic carbocycles. The summed E-state index contributed by atoms with van der Waals surface area (Å²) in [7, 11) is 1.63. The predicted molar refractivity (Wildman–Crippen MR) is 115 cm³/mol. The molecule has 1 aromatic carbocycles. The number of hydrogen-bond donors (Lipinski definition) is 1. The van der Waals surface area contributed by atoms with Crippen molar-refractivity contribution in [2.24, 2.45) is 0 Å². The van der Waals surface area contributed by atoms with E-state index in [0.717, 1.165) is 0 Å². The molecule has 10 heteroatoms. The third kappa shape index (κ3) is 3.60. The summed E-state index contributed by atoms with van der Waals surface area (Å²) >= 11 is 0. The molecule has 2 aliphatic rings. The zero-order chi connectivity index (χ0) is 22.3. The van der Waals surface area contributed by atoms with E-state index >= 15 is 0 Å². The van der Waals surface area contributed by atoms with Crippen molar-refractivity contribution < 1.29 is 18.6 Å². The summed E-state index contributed by atoms with van der Waals surface area (Å²) in [5.41, 5.74) is 2.04. The Balaban J connectivity index is 1.63. The van der Waals surface area contributed by atoms with Gasteiger partial charge in [0.2, 0.25) is 11.7 Å². The predicted octanol–water partition coefficient (Wildman–Crippen LogP) is 2.12. The van der Waals surface area contributed by atoms with Gasteiger partial charge in [0.25, 0.3) is 5.56 Å². The van der Waals surface area contributed by atoms with Crippen LogP contribution in [0.1, 0.15) is 6.92 Å². The number of benzene rings is 1. The number of rotatable bonds is 6. The van der Waals surface area contributed by atoms with E-state index < -0.39 is 5.79 Å². The first-order chi connectivity index (χ1) is 15.5. The van der Waals surface area contributed by atoms with E-state index in [0.29, 0.717) is 54.8 Å². The molecule has 0 saturated carbocycles. The van der Waals surface area contributed by atoms with E-state index in [4.69, 9.17) is 14.2 Å². The van der Waals surface area contributed by atoms with Gasteiger partial charge in [-0.15, -0.1) is 0 Å². The lowest BCUT2D eigenvalue weighted by atomic mass is 10.0. The Kier molecular flexibility index (Phi) is 5.28. The fraction of sp³-hybridized carbons (Fsp3) is 0.409. The van der Waals surface area contributed by atoms with Gasteiger partial charge in [0, 0.05) is 19.3 Å². The van der Waals surface area contributed by atoms with Crippen molar-refractivity contribution in [2.45, 2.75) is 31.8 Å². The van der Waals surface area contributed by atoms with Gasteiger partial charge in [-0.25, -0.2) is 19.0 Å². The number of ether oxygens (including phenoxy) is 3. The zero-order valence-corrected chi connectivity index (χ0v) is 17.9. The molecule has 2 aromatic heterocycles. The first kappa shape index (κ1) is 20.8. The average Bonchev–Trinajstić information content (AvgIpc) is 3.45. The topological polar surface area (TPSA) is 92.4 Å². The summed E-state index contributed by atoms with van der Waals surface area (Å²) in [5, 5.41) is 3.20. The molecular weight excluding hydrogens is 417 g/mol. The molecular formula is C22H24FN5O4.